The van der Waals surface area contributed by atoms with Crippen molar-refractivity contribution < 1.29 is 4.39 Å². The molecule has 0 aliphatic carbocycles. The Kier molecular flexibility index (Phi) is 2.79. The minimum atomic E-state index is -0.434. The van der Waals surface area contributed by atoms with Crippen LogP contribution in [0.5, 0.6) is 0 Å². The second-order valence-electron chi connectivity index (χ2n) is 2.73. The molecule has 2 aromatic rings. The fourth-order valence-electron chi connectivity index (χ4n) is 1.11. The molecule has 15 heavy (non-hydrogen) atoms. The number of rotatable bonds is 1. The summed E-state index contributed by atoms with van der Waals surface area (Å²) in [5, 5.41) is 7.43. The first-order valence-electron chi connectivity index (χ1n) is 3.97. The van der Waals surface area contributed by atoms with Crippen LogP contribution in [-0.4, -0.2) is 15.2 Å². The number of halogens is 3. The molecular formula is C9H4Cl2FN3. The summed E-state index contributed by atoms with van der Waals surface area (Å²) in [5.41, 5.74) is 0.550. The lowest BCUT2D eigenvalue weighted by molar-refractivity contribution is 0.630. The largest absolute Gasteiger partial charge is 0.243 e. The fourth-order valence-corrected chi connectivity index (χ4v) is 1.41. The van der Waals surface area contributed by atoms with Crippen molar-refractivity contribution in [2.75, 3.05) is 0 Å². The highest BCUT2D eigenvalue weighted by atomic mass is 35.5. The summed E-state index contributed by atoms with van der Waals surface area (Å²) in [5.74, 6) is -0.434. The van der Waals surface area contributed by atoms with Crippen LogP contribution in [0.1, 0.15) is 0 Å². The Labute approximate surface area is 94.9 Å². The van der Waals surface area contributed by atoms with Gasteiger partial charge in [0.05, 0.1) is 11.9 Å². The van der Waals surface area contributed by atoms with Gasteiger partial charge in [0.15, 0.2) is 0 Å². The van der Waals surface area contributed by atoms with Gasteiger partial charge in [0.2, 0.25) is 5.28 Å². The van der Waals surface area contributed by atoms with Gasteiger partial charge in [-0.25, -0.2) is 9.37 Å². The average molecular weight is 244 g/mol. The monoisotopic (exact) mass is 243 g/mol. The van der Waals surface area contributed by atoms with Crippen molar-refractivity contribution in [2.45, 2.75) is 0 Å². The molecule has 76 valence electrons. The van der Waals surface area contributed by atoms with Crippen molar-refractivity contribution in [3.63, 3.8) is 0 Å². The maximum atomic E-state index is 13.4. The summed E-state index contributed by atoms with van der Waals surface area (Å²) in [6, 6.07) is 4.17. The summed E-state index contributed by atoms with van der Waals surface area (Å²) in [6.45, 7) is 0. The van der Waals surface area contributed by atoms with E-state index in [-0.39, 0.29) is 10.8 Å². The van der Waals surface area contributed by atoms with Crippen LogP contribution < -0.4 is 0 Å². The maximum Gasteiger partial charge on any atom is 0.243 e. The van der Waals surface area contributed by atoms with E-state index in [1.165, 1.54) is 24.4 Å². The molecule has 1 aromatic heterocycles. The molecule has 0 spiro atoms. The van der Waals surface area contributed by atoms with Crippen LogP contribution in [0.2, 0.25) is 10.3 Å². The molecule has 0 atom stereocenters. The smallest absolute Gasteiger partial charge is 0.215 e. The third-order valence-electron chi connectivity index (χ3n) is 1.74. The molecule has 0 aliphatic heterocycles. The van der Waals surface area contributed by atoms with Crippen LogP contribution in [0.4, 0.5) is 4.39 Å². The molecule has 3 nitrogen and oxygen atoms in total. The predicted molar refractivity (Wildman–Crippen MR) is 55.2 cm³/mol. The second kappa shape index (κ2) is 4.08. The van der Waals surface area contributed by atoms with Gasteiger partial charge in [-0.15, -0.1) is 5.10 Å². The topological polar surface area (TPSA) is 38.7 Å². The minimum Gasteiger partial charge on any atom is -0.215 e. The highest BCUT2D eigenvalue weighted by Crippen LogP contribution is 2.24. The quantitative estimate of drug-likeness (QED) is 0.773. The van der Waals surface area contributed by atoms with Crippen LogP contribution in [0.25, 0.3) is 11.3 Å². The van der Waals surface area contributed by atoms with Gasteiger partial charge in [0.25, 0.3) is 0 Å². The zero-order valence-corrected chi connectivity index (χ0v) is 8.80. The summed E-state index contributed by atoms with van der Waals surface area (Å²) >= 11 is 11.3. The molecule has 1 heterocycles. The van der Waals surface area contributed by atoms with E-state index in [1.807, 2.05) is 0 Å². The van der Waals surface area contributed by atoms with Gasteiger partial charge in [-0.2, -0.15) is 5.10 Å². The molecule has 1 aromatic carbocycles. The first-order chi connectivity index (χ1) is 7.16. The van der Waals surface area contributed by atoms with Crippen LogP contribution in [0.15, 0.2) is 24.4 Å². The fraction of sp³-hybridized carbons (Fsp3) is 0. The molecular weight excluding hydrogens is 240 g/mol. The zero-order chi connectivity index (χ0) is 10.8. The van der Waals surface area contributed by atoms with Gasteiger partial charge in [0, 0.05) is 10.6 Å². The first-order valence-corrected chi connectivity index (χ1v) is 4.73. The van der Waals surface area contributed by atoms with Crippen molar-refractivity contribution in [2.24, 2.45) is 0 Å². The first kappa shape index (κ1) is 10.3. The highest BCUT2D eigenvalue weighted by Gasteiger charge is 2.08. The lowest BCUT2D eigenvalue weighted by Gasteiger charge is -2.02. The summed E-state index contributed by atoms with van der Waals surface area (Å²) in [6.07, 6.45) is 1.32. The van der Waals surface area contributed by atoms with Crippen molar-refractivity contribution in [3.05, 3.63) is 40.5 Å². The van der Waals surface area contributed by atoms with E-state index in [0.717, 1.165) is 0 Å². The van der Waals surface area contributed by atoms with E-state index in [0.29, 0.717) is 10.7 Å². The molecule has 0 N–H and O–H groups in total. The van der Waals surface area contributed by atoms with E-state index in [4.69, 9.17) is 23.2 Å². The van der Waals surface area contributed by atoms with Gasteiger partial charge >= 0.3 is 0 Å². The third kappa shape index (κ3) is 2.22. The predicted octanol–water partition coefficient (Wildman–Crippen LogP) is 2.98. The second-order valence-corrected chi connectivity index (χ2v) is 3.51. The Morgan fingerprint density at radius 2 is 2.00 bits per heavy atom. The van der Waals surface area contributed by atoms with Crippen LogP contribution in [-0.2, 0) is 0 Å². The molecule has 0 amide bonds. The number of hydrogen-bond donors (Lipinski definition) is 0. The van der Waals surface area contributed by atoms with Gasteiger partial charge in [-0.05, 0) is 29.8 Å². The summed E-state index contributed by atoms with van der Waals surface area (Å²) < 4.78 is 13.4. The molecule has 2 rings (SSSR count). The Bertz CT molecular complexity index is 504. The van der Waals surface area contributed by atoms with Gasteiger partial charge in [-0.3, -0.25) is 0 Å². The number of hydrogen-bond acceptors (Lipinski definition) is 3. The summed E-state index contributed by atoms with van der Waals surface area (Å²) in [4.78, 5) is 3.84. The molecule has 0 fully saturated rings. The number of nitrogens with zero attached hydrogens (tertiary/aromatic N) is 3. The SMILES string of the molecule is Fc1ccc(Cl)cc1-c1cnnc(Cl)n1. The Morgan fingerprint density at radius 3 is 2.73 bits per heavy atom. The molecule has 6 heteroatoms. The molecule has 0 radical (unpaired) electrons. The zero-order valence-electron chi connectivity index (χ0n) is 7.28. The lowest BCUT2D eigenvalue weighted by atomic mass is 10.1. The molecule has 0 saturated heterocycles. The lowest BCUT2D eigenvalue weighted by Crippen LogP contribution is -1.92. The molecule has 0 saturated carbocycles. The van der Waals surface area contributed by atoms with Crippen molar-refractivity contribution in [1.82, 2.24) is 15.2 Å². The van der Waals surface area contributed by atoms with E-state index < -0.39 is 5.82 Å². The van der Waals surface area contributed by atoms with Gasteiger partial charge in [-0.1, -0.05) is 11.6 Å². The standard InChI is InChI=1S/C9H4Cl2FN3/c10-5-1-2-7(12)6(3-5)8-4-13-15-9(11)14-8/h1-4H. The third-order valence-corrected chi connectivity index (χ3v) is 2.13. The van der Waals surface area contributed by atoms with E-state index in [1.54, 1.807) is 0 Å². The minimum absolute atomic E-state index is 0.0353. The normalized spacial score (nSPS) is 10.3. The highest BCUT2D eigenvalue weighted by molar-refractivity contribution is 6.30. The average Bonchev–Trinajstić information content (AvgIpc) is 2.22. The van der Waals surface area contributed by atoms with E-state index >= 15 is 0 Å². The van der Waals surface area contributed by atoms with Crippen LogP contribution >= 0.6 is 23.2 Å². The molecule has 0 unspecified atom stereocenters. The molecule has 0 bridgehead atoms. The number of benzene rings is 1. The summed E-state index contributed by atoms with van der Waals surface area (Å²) in [7, 11) is 0. The van der Waals surface area contributed by atoms with Crippen LogP contribution in [0.3, 0.4) is 0 Å². The van der Waals surface area contributed by atoms with Crippen molar-refractivity contribution in [3.8, 4) is 11.3 Å². The Hall–Kier alpha value is -1.26. The van der Waals surface area contributed by atoms with E-state index in [9.17, 15) is 4.39 Å². The van der Waals surface area contributed by atoms with Gasteiger partial charge in [0.1, 0.15) is 5.82 Å². The van der Waals surface area contributed by atoms with Gasteiger partial charge < -0.3 is 0 Å². The number of aromatic nitrogens is 3. The van der Waals surface area contributed by atoms with Crippen molar-refractivity contribution in [1.29, 1.82) is 0 Å². The molecule has 0 aliphatic rings. The van der Waals surface area contributed by atoms with E-state index in [2.05, 4.69) is 15.2 Å². The Morgan fingerprint density at radius 1 is 1.20 bits per heavy atom. The van der Waals surface area contributed by atoms with Crippen LogP contribution in [0, 0.1) is 5.82 Å². The van der Waals surface area contributed by atoms with Crippen molar-refractivity contribution >= 4 is 23.2 Å². The maximum absolute atomic E-state index is 13.4. The Balaban J connectivity index is 2.58.